The molecule has 1 N–H and O–H groups in total. The van der Waals surface area contributed by atoms with E-state index in [1.165, 1.54) is 0 Å². The molecule has 8 heteroatoms. The number of benzene rings is 2. The van der Waals surface area contributed by atoms with Crippen LogP contribution in [0.3, 0.4) is 0 Å². The third-order valence-electron chi connectivity index (χ3n) is 4.24. The molecular formula is C22H32IN3O3S. The number of nitrogens with zero attached hydrogens (tertiary/aromatic N) is 2. The van der Waals surface area contributed by atoms with E-state index >= 15 is 0 Å². The number of para-hydroxylation sites is 1. The molecule has 0 aliphatic carbocycles. The molecule has 0 saturated heterocycles. The SMILES string of the molecule is CCNC(=NCCCS(=O)(=O)Cc1ccccc1)N(C)CCOc1ccccc1.I. The molecule has 0 fully saturated rings. The molecular weight excluding hydrogens is 513 g/mol. The van der Waals surface area contributed by atoms with Gasteiger partial charge in [0.2, 0.25) is 0 Å². The summed E-state index contributed by atoms with van der Waals surface area (Å²) >= 11 is 0. The van der Waals surface area contributed by atoms with Gasteiger partial charge in [-0.05, 0) is 31.0 Å². The van der Waals surface area contributed by atoms with E-state index in [2.05, 4.69) is 10.3 Å². The monoisotopic (exact) mass is 545 g/mol. The van der Waals surface area contributed by atoms with Crippen LogP contribution < -0.4 is 10.1 Å². The van der Waals surface area contributed by atoms with Crippen molar-refractivity contribution in [2.24, 2.45) is 4.99 Å². The Labute approximate surface area is 197 Å². The fourth-order valence-corrected chi connectivity index (χ4v) is 4.18. The molecule has 0 aromatic heterocycles. The number of guanidine groups is 1. The van der Waals surface area contributed by atoms with Crippen molar-refractivity contribution < 1.29 is 13.2 Å². The molecule has 0 spiro atoms. The lowest BCUT2D eigenvalue weighted by Crippen LogP contribution is -2.41. The molecule has 166 valence electrons. The first-order chi connectivity index (χ1) is 14.0. The second-order valence-electron chi connectivity index (χ2n) is 6.75. The van der Waals surface area contributed by atoms with E-state index < -0.39 is 9.84 Å². The summed E-state index contributed by atoms with van der Waals surface area (Å²) in [4.78, 5) is 6.55. The van der Waals surface area contributed by atoms with Gasteiger partial charge < -0.3 is 15.0 Å². The summed E-state index contributed by atoms with van der Waals surface area (Å²) in [6.45, 7) is 4.42. The third kappa shape index (κ3) is 10.3. The van der Waals surface area contributed by atoms with Gasteiger partial charge in [0.1, 0.15) is 12.4 Å². The molecule has 0 aliphatic heterocycles. The van der Waals surface area contributed by atoms with Crippen LogP contribution in [0.25, 0.3) is 0 Å². The summed E-state index contributed by atoms with van der Waals surface area (Å²) in [6.07, 6.45) is 0.498. The van der Waals surface area contributed by atoms with E-state index in [1.807, 2.05) is 79.5 Å². The lowest BCUT2D eigenvalue weighted by molar-refractivity contribution is 0.281. The summed E-state index contributed by atoms with van der Waals surface area (Å²) in [7, 11) is -1.19. The largest absolute Gasteiger partial charge is 0.492 e. The van der Waals surface area contributed by atoms with E-state index in [9.17, 15) is 8.42 Å². The van der Waals surface area contributed by atoms with Gasteiger partial charge in [0.05, 0.1) is 18.1 Å². The average molecular weight is 545 g/mol. The first-order valence-electron chi connectivity index (χ1n) is 9.92. The van der Waals surface area contributed by atoms with Crippen molar-refractivity contribution in [1.82, 2.24) is 10.2 Å². The number of aliphatic imine (C=N–C) groups is 1. The van der Waals surface area contributed by atoms with Gasteiger partial charge in [-0.2, -0.15) is 0 Å². The highest BCUT2D eigenvalue weighted by Gasteiger charge is 2.12. The molecule has 6 nitrogen and oxygen atoms in total. The number of ether oxygens (including phenoxy) is 1. The zero-order valence-electron chi connectivity index (χ0n) is 17.7. The Bertz CT molecular complexity index is 846. The zero-order chi connectivity index (χ0) is 21.0. The maximum atomic E-state index is 12.3. The maximum absolute atomic E-state index is 12.3. The van der Waals surface area contributed by atoms with E-state index in [1.54, 1.807) is 0 Å². The molecule has 0 saturated carbocycles. The highest BCUT2D eigenvalue weighted by molar-refractivity contribution is 14.0. The van der Waals surface area contributed by atoms with Crippen molar-refractivity contribution in [3.63, 3.8) is 0 Å². The average Bonchev–Trinajstić information content (AvgIpc) is 2.71. The van der Waals surface area contributed by atoms with E-state index in [-0.39, 0.29) is 35.5 Å². The second kappa shape index (κ2) is 14.2. The molecule has 0 amide bonds. The van der Waals surface area contributed by atoms with Gasteiger partial charge in [-0.25, -0.2) is 8.42 Å². The molecule has 0 atom stereocenters. The van der Waals surface area contributed by atoms with Crippen LogP contribution in [0.5, 0.6) is 5.75 Å². The van der Waals surface area contributed by atoms with Crippen molar-refractivity contribution in [3.8, 4) is 5.75 Å². The maximum Gasteiger partial charge on any atom is 0.193 e. The molecule has 0 heterocycles. The number of halogens is 1. The lowest BCUT2D eigenvalue weighted by atomic mass is 10.2. The first-order valence-corrected chi connectivity index (χ1v) is 11.7. The van der Waals surface area contributed by atoms with Crippen molar-refractivity contribution in [2.45, 2.75) is 19.1 Å². The zero-order valence-corrected chi connectivity index (χ0v) is 20.8. The van der Waals surface area contributed by atoms with E-state index in [0.717, 1.165) is 23.8 Å². The van der Waals surface area contributed by atoms with Crippen molar-refractivity contribution in [1.29, 1.82) is 0 Å². The second-order valence-corrected chi connectivity index (χ2v) is 8.93. The van der Waals surface area contributed by atoms with Crippen LogP contribution in [0.15, 0.2) is 65.7 Å². The van der Waals surface area contributed by atoms with Gasteiger partial charge in [-0.15, -0.1) is 24.0 Å². The third-order valence-corrected chi connectivity index (χ3v) is 5.92. The van der Waals surface area contributed by atoms with Gasteiger partial charge >= 0.3 is 0 Å². The summed E-state index contributed by atoms with van der Waals surface area (Å²) in [6, 6.07) is 19.0. The number of likely N-dealkylation sites (N-methyl/N-ethyl adjacent to an activating group) is 1. The normalized spacial score (nSPS) is 11.5. The fraction of sp³-hybridized carbons (Fsp3) is 0.409. The summed E-state index contributed by atoms with van der Waals surface area (Å²) in [5.74, 6) is 1.80. The summed E-state index contributed by atoms with van der Waals surface area (Å²) in [5.41, 5.74) is 0.822. The lowest BCUT2D eigenvalue weighted by Gasteiger charge is -2.22. The number of nitrogens with one attached hydrogen (secondary N) is 1. The molecule has 2 aromatic carbocycles. The minimum atomic E-state index is -3.13. The molecule has 0 aliphatic rings. The van der Waals surface area contributed by atoms with Crippen LogP contribution in [-0.2, 0) is 15.6 Å². The quantitative estimate of drug-likeness (QED) is 0.202. The van der Waals surface area contributed by atoms with Crippen LogP contribution in [0.4, 0.5) is 0 Å². The Morgan fingerprint density at radius 3 is 2.33 bits per heavy atom. The van der Waals surface area contributed by atoms with Crippen LogP contribution in [0, 0.1) is 0 Å². The molecule has 0 bridgehead atoms. The van der Waals surface area contributed by atoms with Gasteiger partial charge in [0, 0.05) is 20.1 Å². The Kier molecular flexibility index (Phi) is 12.4. The van der Waals surface area contributed by atoms with Crippen LogP contribution >= 0.6 is 24.0 Å². The van der Waals surface area contributed by atoms with Crippen LogP contribution in [0.2, 0.25) is 0 Å². The molecule has 0 unspecified atom stereocenters. The minimum Gasteiger partial charge on any atom is -0.492 e. The Balaban J connectivity index is 0.00000450. The Morgan fingerprint density at radius 1 is 1.07 bits per heavy atom. The van der Waals surface area contributed by atoms with Crippen molar-refractivity contribution in [2.75, 3.05) is 39.0 Å². The first kappa shape index (κ1) is 26.2. The van der Waals surface area contributed by atoms with Crippen LogP contribution in [-0.4, -0.2) is 58.3 Å². The number of rotatable bonds is 11. The molecule has 30 heavy (non-hydrogen) atoms. The van der Waals surface area contributed by atoms with E-state index in [0.29, 0.717) is 26.1 Å². The summed E-state index contributed by atoms with van der Waals surface area (Å²) in [5, 5.41) is 3.24. The minimum absolute atomic E-state index is 0. The highest BCUT2D eigenvalue weighted by atomic mass is 127. The van der Waals surface area contributed by atoms with Crippen molar-refractivity contribution >= 4 is 39.8 Å². The predicted octanol–water partition coefficient (Wildman–Crippen LogP) is 3.59. The van der Waals surface area contributed by atoms with Gasteiger partial charge in [-0.1, -0.05) is 48.5 Å². The number of sulfone groups is 1. The molecule has 2 aromatic rings. The standard InChI is InChI=1S/C22H31N3O3S.HI/c1-3-23-22(25(2)16-17-28-21-13-8-5-9-14-21)24-15-10-18-29(26,27)19-20-11-6-4-7-12-20;/h4-9,11-14H,3,10,15-19H2,1-2H3,(H,23,24);1H. The van der Waals surface area contributed by atoms with Gasteiger partial charge in [-0.3, -0.25) is 4.99 Å². The summed E-state index contributed by atoms with van der Waals surface area (Å²) < 4.78 is 30.3. The molecule has 0 radical (unpaired) electrons. The van der Waals surface area contributed by atoms with Gasteiger partial charge in [0.15, 0.2) is 15.8 Å². The smallest absolute Gasteiger partial charge is 0.193 e. The van der Waals surface area contributed by atoms with Gasteiger partial charge in [0.25, 0.3) is 0 Å². The predicted molar refractivity (Wildman–Crippen MR) is 135 cm³/mol. The van der Waals surface area contributed by atoms with Crippen LogP contribution in [0.1, 0.15) is 18.9 Å². The van der Waals surface area contributed by atoms with E-state index in [4.69, 9.17) is 4.74 Å². The number of hydrogen-bond acceptors (Lipinski definition) is 4. The molecule has 2 rings (SSSR count). The Hall–Kier alpha value is -1.81. The Morgan fingerprint density at radius 2 is 1.70 bits per heavy atom. The number of hydrogen-bond donors (Lipinski definition) is 1. The topological polar surface area (TPSA) is 71.0 Å². The highest BCUT2D eigenvalue weighted by Crippen LogP contribution is 2.08. The van der Waals surface area contributed by atoms with Crippen molar-refractivity contribution in [3.05, 3.63) is 66.2 Å². The fourth-order valence-electron chi connectivity index (χ4n) is 2.76.